The van der Waals surface area contributed by atoms with Crippen LogP contribution < -0.4 is 10.6 Å². The molecule has 0 aliphatic carbocycles. The first kappa shape index (κ1) is 21.9. The van der Waals surface area contributed by atoms with Crippen LogP contribution in [0.3, 0.4) is 0 Å². The number of halogens is 2. The summed E-state index contributed by atoms with van der Waals surface area (Å²) in [5.74, 6) is 0.760. The van der Waals surface area contributed by atoms with Gasteiger partial charge in [-0.2, -0.15) is 9.61 Å². The first-order valence-electron chi connectivity index (χ1n) is 10.4. The first-order valence-corrected chi connectivity index (χ1v) is 12.4. The van der Waals surface area contributed by atoms with Gasteiger partial charge in [0.1, 0.15) is 5.82 Å². The fourth-order valence-electron chi connectivity index (χ4n) is 3.56. The molecule has 33 heavy (non-hydrogen) atoms. The number of nitrogens with zero attached hydrogens (tertiary/aromatic N) is 3. The highest BCUT2D eigenvalue weighted by Gasteiger charge is 2.13. The molecule has 0 radical (unpaired) electrons. The van der Waals surface area contributed by atoms with Crippen LogP contribution in [-0.4, -0.2) is 33.6 Å². The second-order valence-corrected chi connectivity index (χ2v) is 9.76. The van der Waals surface area contributed by atoms with Gasteiger partial charge in [-0.25, -0.2) is 4.98 Å². The maximum atomic E-state index is 12.5. The van der Waals surface area contributed by atoms with E-state index in [-0.39, 0.29) is 5.91 Å². The van der Waals surface area contributed by atoms with E-state index in [4.69, 9.17) is 16.6 Å². The summed E-state index contributed by atoms with van der Waals surface area (Å²) in [6.07, 6.45) is 2.47. The van der Waals surface area contributed by atoms with Gasteiger partial charge in [-0.15, -0.1) is 11.3 Å². The lowest BCUT2D eigenvalue weighted by atomic mass is 10.1. The molecule has 5 aromatic rings. The molecule has 0 spiro atoms. The molecule has 0 fully saturated rings. The Kier molecular flexibility index (Phi) is 6.30. The van der Waals surface area contributed by atoms with Gasteiger partial charge in [-0.3, -0.25) is 4.79 Å². The number of rotatable bonds is 7. The number of benzene rings is 2. The molecule has 2 N–H and O–H groups in total. The van der Waals surface area contributed by atoms with Crippen LogP contribution in [0.25, 0.3) is 27.0 Å². The van der Waals surface area contributed by atoms with Gasteiger partial charge in [-0.05, 0) is 45.9 Å². The third-order valence-corrected chi connectivity index (χ3v) is 7.18. The average molecular weight is 541 g/mol. The minimum absolute atomic E-state index is 0.0421. The highest BCUT2D eigenvalue weighted by atomic mass is 79.9. The molecular weight excluding hydrogens is 522 g/mol. The summed E-state index contributed by atoms with van der Waals surface area (Å²) in [6, 6.07) is 19.5. The molecule has 0 bridgehead atoms. The predicted molar refractivity (Wildman–Crippen MR) is 138 cm³/mol. The van der Waals surface area contributed by atoms with Gasteiger partial charge in [0, 0.05) is 34.4 Å². The Morgan fingerprint density at radius 1 is 1.09 bits per heavy atom. The molecule has 166 valence electrons. The zero-order valence-corrected chi connectivity index (χ0v) is 20.5. The van der Waals surface area contributed by atoms with E-state index in [2.05, 4.69) is 31.7 Å². The smallest absolute Gasteiger partial charge is 0.261 e. The number of carbonyl (C=O) groups is 1. The highest BCUT2D eigenvalue weighted by Crippen LogP contribution is 2.30. The largest absolute Gasteiger partial charge is 0.370 e. The lowest BCUT2D eigenvalue weighted by molar-refractivity contribution is 0.0957. The summed E-state index contributed by atoms with van der Waals surface area (Å²) in [4.78, 5) is 17.9. The van der Waals surface area contributed by atoms with E-state index >= 15 is 0 Å². The standard InChI is InChI=1S/C24H19BrClN5OS/c25-17-14-29-31-22(13-19(30-23(17)31)16-7-2-3-8-18(16)26)27-10-5-11-28-24(32)21-12-15-6-1-4-9-20(15)33-21/h1-4,6-9,12-14,27H,5,10-11H2,(H,28,32). The molecular formula is C24H19BrClN5OS. The topological polar surface area (TPSA) is 71.3 Å². The van der Waals surface area contributed by atoms with Crippen LogP contribution in [0.1, 0.15) is 16.1 Å². The predicted octanol–water partition coefficient (Wildman–Crippen LogP) is 6.26. The molecule has 0 aliphatic rings. The van der Waals surface area contributed by atoms with Crippen molar-refractivity contribution in [2.75, 3.05) is 18.4 Å². The van der Waals surface area contributed by atoms with Gasteiger partial charge in [-0.1, -0.05) is 48.0 Å². The number of carbonyl (C=O) groups excluding carboxylic acids is 1. The normalized spacial score (nSPS) is 11.2. The van der Waals surface area contributed by atoms with Gasteiger partial charge < -0.3 is 10.6 Å². The van der Waals surface area contributed by atoms with Crippen molar-refractivity contribution in [3.05, 3.63) is 81.2 Å². The maximum absolute atomic E-state index is 12.5. The molecule has 5 rings (SSSR count). The number of anilines is 1. The van der Waals surface area contributed by atoms with Crippen LogP contribution in [0.15, 0.2) is 71.3 Å². The van der Waals surface area contributed by atoms with Crippen LogP contribution in [0.5, 0.6) is 0 Å². The Labute approximate surface area is 207 Å². The maximum Gasteiger partial charge on any atom is 0.261 e. The Morgan fingerprint density at radius 2 is 1.91 bits per heavy atom. The van der Waals surface area contributed by atoms with Crippen LogP contribution in [0.2, 0.25) is 5.02 Å². The van der Waals surface area contributed by atoms with Crippen molar-refractivity contribution in [2.24, 2.45) is 0 Å². The Bertz CT molecular complexity index is 1430. The lowest BCUT2D eigenvalue weighted by Crippen LogP contribution is -2.25. The van der Waals surface area contributed by atoms with Gasteiger partial charge in [0.2, 0.25) is 0 Å². The van der Waals surface area contributed by atoms with E-state index in [1.807, 2.05) is 60.7 Å². The molecule has 9 heteroatoms. The molecule has 0 unspecified atom stereocenters. The van der Waals surface area contributed by atoms with Crippen molar-refractivity contribution in [3.63, 3.8) is 0 Å². The second-order valence-electron chi connectivity index (χ2n) is 7.42. The summed E-state index contributed by atoms with van der Waals surface area (Å²) in [5.41, 5.74) is 2.32. The van der Waals surface area contributed by atoms with Gasteiger partial charge >= 0.3 is 0 Å². The molecule has 0 atom stereocenters. The summed E-state index contributed by atoms with van der Waals surface area (Å²) in [6.45, 7) is 1.22. The molecule has 2 aromatic carbocycles. The number of aromatic nitrogens is 3. The zero-order valence-electron chi connectivity index (χ0n) is 17.4. The van der Waals surface area contributed by atoms with Crippen molar-refractivity contribution in [2.45, 2.75) is 6.42 Å². The number of fused-ring (bicyclic) bond motifs is 2. The van der Waals surface area contributed by atoms with E-state index in [0.717, 1.165) is 42.9 Å². The fourth-order valence-corrected chi connectivity index (χ4v) is 5.12. The third-order valence-electron chi connectivity index (χ3n) is 5.17. The SMILES string of the molecule is O=C(NCCCNc1cc(-c2ccccc2Cl)nc2c(Br)cnn12)c1cc2ccccc2s1. The Balaban J connectivity index is 1.25. The van der Waals surface area contributed by atoms with E-state index in [1.54, 1.807) is 10.7 Å². The van der Waals surface area contributed by atoms with Crippen LogP contribution in [0.4, 0.5) is 5.82 Å². The third kappa shape index (κ3) is 4.59. The summed E-state index contributed by atoms with van der Waals surface area (Å²) >= 11 is 11.4. The van der Waals surface area contributed by atoms with Crippen molar-refractivity contribution in [3.8, 4) is 11.3 Å². The first-order chi connectivity index (χ1) is 16.1. The number of nitrogens with one attached hydrogen (secondary N) is 2. The average Bonchev–Trinajstić information content (AvgIpc) is 3.43. The molecule has 0 aliphatic heterocycles. The fraction of sp³-hybridized carbons (Fsp3) is 0.125. The van der Waals surface area contributed by atoms with Crippen LogP contribution >= 0.6 is 38.9 Å². The summed E-state index contributed by atoms with van der Waals surface area (Å²) < 4.78 is 3.67. The Morgan fingerprint density at radius 3 is 2.76 bits per heavy atom. The minimum atomic E-state index is -0.0421. The number of hydrogen-bond donors (Lipinski definition) is 2. The molecule has 0 saturated heterocycles. The van der Waals surface area contributed by atoms with E-state index in [0.29, 0.717) is 23.8 Å². The molecule has 1 amide bonds. The van der Waals surface area contributed by atoms with Crippen molar-refractivity contribution in [1.29, 1.82) is 0 Å². The molecule has 3 heterocycles. The van der Waals surface area contributed by atoms with Crippen LogP contribution in [-0.2, 0) is 0 Å². The molecule has 3 aromatic heterocycles. The summed E-state index contributed by atoms with van der Waals surface area (Å²) in [5, 5.41) is 12.6. The van der Waals surface area contributed by atoms with Crippen molar-refractivity contribution >= 4 is 66.3 Å². The van der Waals surface area contributed by atoms with Crippen LogP contribution in [0, 0.1) is 0 Å². The van der Waals surface area contributed by atoms with E-state index in [9.17, 15) is 4.79 Å². The van der Waals surface area contributed by atoms with E-state index in [1.165, 1.54) is 11.3 Å². The number of amides is 1. The van der Waals surface area contributed by atoms with Crippen molar-refractivity contribution < 1.29 is 4.79 Å². The lowest BCUT2D eigenvalue weighted by Gasteiger charge is -2.12. The molecule has 0 saturated carbocycles. The van der Waals surface area contributed by atoms with Gasteiger partial charge in [0.15, 0.2) is 5.65 Å². The van der Waals surface area contributed by atoms with Gasteiger partial charge in [0.05, 0.1) is 21.2 Å². The van der Waals surface area contributed by atoms with E-state index < -0.39 is 0 Å². The number of hydrogen-bond acceptors (Lipinski definition) is 5. The Hall–Kier alpha value is -2.94. The molecule has 6 nitrogen and oxygen atoms in total. The quantitative estimate of drug-likeness (QED) is 0.239. The highest BCUT2D eigenvalue weighted by molar-refractivity contribution is 9.10. The minimum Gasteiger partial charge on any atom is -0.370 e. The zero-order chi connectivity index (χ0) is 22.8. The number of thiophene rings is 1. The van der Waals surface area contributed by atoms with Crippen molar-refractivity contribution in [1.82, 2.24) is 19.9 Å². The summed E-state index contributed by atoms with van der Waals surface area (Å²) in [7, 11) is 0. The second kappa shape index (κ2) is 9.51. The monoisotopic (exact) mass is 539 g/mol. The van der Waals surface area contributed by atoms with Gasteiger partial charge in [0.25, 0.3) is 5.91 Å².